The minimum Gasteiger partial charge on any atom is -0.489 e. The Bertz CT molecular complexity index is 1220. The average Bonchev–Trinajstić information content (AvgIpc) is 2.73. The van der Waals surface area contributed by atoms with E-state index in [1.54, 1.807) is 6.07 Å². The summed E-state index contributed by atoms with van der Waals surface area (Å²) in [5.41, 5.74) is 11.8. The Hall–Kier alpha value is -3.23. The van der Waals surface area contributed by atoms with Crippen molar-refractivity contribution in [3.63, 3.8) is 0 Å². The molecular formula is C26H25ClN2O3. The number of nitrogens with two attached hydrogens (primary N) is 1. The lowest BCUT2D eigenvalue weighted by Gasteiger charge is -2.32. The smallest absolute Gasteiger partial charge is 0.205 e. The first-order chi connectivity index (χ1) is 15.3. The van der Waals surface area contributed by atoms with Crippen LogP contribution in [0.2, 0.25) is 5.02 Å². The van der Waals surface area contributed by atoms with E-state index in [4.69, 9.17) is 26.8 Å². The largest absolute Gasteiger partial charge is 0.489 e. The van der Waals surface area contributed by atoms with Crippen LogP contribution in [0, 0.1) is 32.1 Å². The van der Waals surface area contributed by atoms with Crippen LogP contribution in [-0.4, -0.2) is 5.78 Å². The Morgan fingerprint density at radius 1 is 1.16 bits per heavy atom. The number of ether oxygens (including phenoxy) is 2. The third kappa shape index (κ3) is 3.99. The molecule has 1 heterocycles. The van der Waals surface area contributed by atoms with Crippen molar-refractivity contribution >= 4 is 17.4 Å². The lowest BCUT2D eigenvalue weighted by atomic mass is 9.75. The Kier molecular flexibility index (Phi) is 5.99. The van der Waals surface area contributed by atoms with Crippen LogP contribution in [0.15, 0.2) is 53.1 Å². The maximum Gasteiger partial charge on any atom is 0.205 e. The van der Waals surface area contributed by atoms with Gasteiger partial charge in [-0.15, -0.1) is 0 Å². The number of aryl methyl sites for hydroxylation is 3. The van der Waals surface area contributed by atoms with Crippen LogP contribution in [0.1, 0.15) is 53.0 Å². The number of nitrogens with zero attached hydrogens (tertiary/aromatic N) is 1. The van der Waals surface area contributed by atoms with Crippen molar-refractivity contribution in [2.75, 3.05) is 0 Å². The molecule has 1 aliphatic carbocycles. The van der Waals surface area contributed by atoms with E-state index >= 15 is 0 Å². The molecule has 2 aromatic rings. The predicted octanol–water partition coefficient (Wildman–Crippen LogP) is 5.66. The van der Waals surface area contributed by atoms with Gasteiger partial charge in [-0.05, 0) is 73.2 Å². The number of ketones is 1. The van der Waals surface area contributed by atoms with E-state index < -0.39 is 5.92 Å². The molecule has 164 valence electrons. The van der Waals surface area contributed by atoms with Crippen LogP contribution in [0.4, 0.5) is 0 Å². The molecule has 5 nitrogen and oxygen atoms in total. The molecule has 6 heteroatoms. The molecule has 2 aromatic carbocycles. The maximum atomic E-state index is 12.9. The standard InChI is InChI=1S/C26H25ClN2O3/c1-14-9-15(2)19(11-17(14)13-31-22-8-7-18(27)10-16(22)3)24-20(12-28)26(29)32-23-6-4-5-21(30)25(23)24/h7-11,24H,4-6,13,29H2,1-3H3. The molecule has 0 radical (unpaired) electrons. The van der Waals surface area contributed by atoms with Gasteiger partial charge in [-0.1, -0.05) is 23.7 Å². The van der Waals surface area contributed by atoms with Gasteiger partial charge in [0, 0.05) is 23.4 Å². The topological polar surface area (TPSA) is 85.3 Å². The molecule has 2 N–H and O–H groups in total. The quantitative estimate of drug-likeness (QED) is 0.652. The molecule has 0 saturated carbocycles. The Labute approximate surface area is 193 Å². The van der Waals surface area contributed by atoms with Crippen molar-refractivity contribution in [3.05, 3.63) is 86.0 Å². The molecular weight excluding hydrogens is 424 g/mol. The summed E-state index contributed by atoms with van der Waals surface area (Å²) in [6, 6.07) is 11.8. The number of allylic oxidation sites excluding steroid dienone is 3. The highest BCUT2D eigenvalue weighted by Crippen LogP contribution is 2.44. The SMILES string of the molecule is Cc1cc(C)c(C2C(C#N)=C(N)OC3=C2C(=O)CCC3)cc1COc1ccc(Cl)cc1C. The summed E-state index contributed by atoms with van der Waals surface area (Å²) in [5.74, 6) is 0.938. The zero-order valence-corrected chi connectivity index (χ0v) is 19.2. The van der Waals surface area contributed by atoms with Crippen LogP contribution < -0.4 is 10.5 Å². The molecule has 1 atom stereocenters. The normalized spacial score (nSPS) is 18.2. The number of Topliss-reactive ketones (excluding diaryl/α,β-unsaturated/α-hetero) is 1. The fourth-order valence-corrected chi connectivity index (χ4v) is 4.71. The van der Waals surface area contributed by atoms with Gasteiger partial charge in [0.05, 0.1) is 5.92 Å². The Morgan fingerprint density at radius 3 is 2.66 bits per heavy atom. The summed E-state index contributed by atoms with van der Waals surface area (Å²) in [6.45, 7) is 6.32. The maximum absolute atomic E-state index is 12.9. The second kappa shape index (κ2) is 8.72. The monoisotopic (exact) mass is 448 g/mol. The van der Waals surface area contributed by atoms with Crippen molar-refractivity contribution in [1.29, 1.82) is 5.26 Å². The minimum atomic E-state index is -0.520. The van der Waals surface area contributed by atoms with E-state index in [9.17, 15) is 10.1 Å². The van der Waals surface area contributed by atoms with E-state index in [-0.39, 0.29) is 17.2 Å². The second-order valence-electron chi connectivity index (χ2n) is 8.37. The van der Waals surface area contributed by atoms with Crippen molar-refractivity contribution in [1.82, 2.24) is 0 Å². The zero-order valence-electron chi connectivity index (χ0n) is 18.4. The van der Waals surface area contributed by atoms with Crippen LogP contribution in [-0.2, 0) is 16.1 Å². The van der Waals surface area contributed by atoms with Gasteiger partial charge < -0.3 is 15.2 Å². The fraction of sp³-hybridized carbons (Fsp3) is 0.308. The average molecular weight is 449 g/mol. The fourth-order valence-electron chi connectivity index (χ4n) is 4.48. The van der Waals surface area contributed by atoms with Crippen LogP contribution in [0.5, 0.6) is 5.75 Å². The van der Waals surface area contributed by atoms with Gasteiger partial charge in [-0.2, -0.15) is 5.26 Å². The minimum absolute atomic E-state index is 0.0195. The number of halogens is 1. The number of benzene rings is 2. The molecule has 1 unspecified atom stereocenters. The van der Waals surface area contributed by atoms with Gasteiger partial charge in [0.15, 0.2) is 5.78 Å². The number of nitriles is 1. The summed E-state index contributed by atoms with van der Waals surface area (Å²) in [7, 11) is 0. The summed E-state index contributed by atoms with van der Waals surface area (Å²) in [4.78, 5) is 12.9. The van der Waals surface area contributed by atoms with Gasteiger partial charge in [-0.25, -0.2) is 0 Å². The molecule has 0 fully saturated rings. The zero-order chi connectivity index (χ0) is 23.0. The highest BCUT2D eigenvalue weighted by Gasteiger charge is 2.38. The van der Waals surface area contributed by atoms with Gasteiger partial charge in [-0.3, -0.25) is 4.79 Å². The second-order valence-corrected chi connectivity index (χ2v) is 8.81. The number of hydrogen-bond donors (Lipinski definition) is 1. The first-order valence-corrected chi connectivity index (χ1v) is 11.0. The molecule has 0 bridgehead atoms. The third-order valence-corrected chi connectivity index (χ3v) is 6.40. The van der Waals surface area contributed by atoms with E-state index in [2.05, 4.69) is 12.1 Å². The molecule has 32 heavy (non-hydrogen) atoms. The van der Waals surface area contributed by atoms with E-state index in [0.717, 1.165) is 40.0 Å². The molecule has 0 amide bonds. The molecule has 0 spiro atoms. The van der Waals surface area contributed by atoms with Gasteiger partial charge in [0.2, 0.25) is 5.88 Å². The summed E-state index contributed by atoms with van der Waals surface area (Å²) >= 11 is 6.05. The van der Waals surface area contributed by atoms with Crippen LogP contribution in [0.25, 0.3) is 0 Å². The third-order valence-electron chi connectivity index (χ3n) is 6.16. The molecule has 1 aliphatic heterocycles. The van der Waals surface area contributed by atoms with E-state index in [0.29, 0.717) is 35.8 Å². The molecule has 0 aromatic heterocycles. The number of carbonyl (C=O) groups is 1. The van der Waals surface area contributed by atoms with E-state index in [1.807, 2.05) is 39.0 Å². The van der Waals surface area contributed by atoms with Crippen molar-refractivity contribution in [2.24, 2.45) is 5.73 Å². The number of carbonyl (C=O) groups excluding carboxylic acids is 1. The first kappa shape index (κ1) is 22.0. The van der Waals surface area contributed by atoms with Gasteiger partial charge >= 0.3 is 0 Å². The lowest BCUT2D eigenvalue weighted by molar-refractivity contribution is -0.116. The van der Waals surface area contributed by atoms with E-state index in [1.165, 1.54) is 0 Å². The number of rotatable bonds is 4. The van der Waals surface area contributed by atoms with Crippen molar-refractivity contribution in [3.8, 4) is 11.8 Å². The van der Waals surface area contributed by atoms with Crippen LogP contribution >= 0.6 is 11.6 Å². The first-order valence-electron chi connectivity index (χ1n) is 10.6. The Balaban J connectivity index is 1.75. The number of hydrogen-bond acceptors (Lipinski definition) is 5. The summed E-state index contributed by atoms with van der Waals surface area (Å²) < 4.78 is 11.8. The van der Waals surface area contributed by atoms with Crippen LogP contribution in [0.3, 0.4) is 0 Å². The van der Waals surface area contributed by atoms with Crippen molar-refractivity contribution < 1.29 is 14.3 Å². The molecule has 0 saturated heterocycles. The van der Waals surface area contributed by atoms with Gasteiger partial charge in [0.1, 0.15) is 29.8 Å². The Morgan fingerprint density at radius 2 is 1.94 bits per heavy atom. The van der Waals surface area contributed by atoms with Gasteiger partial charge in [0.25, 0.3) is 0 Å². The van der Waals surface area contributed by atoms with Crippen molar-refractivity contribution in [2.45, 2.75) is 52.6 Å². The summed E-state index contributed by atoms with van der Waals surface area (Å²) in [6.07, 6.45) is 1.83. The highest BCUT2D eigenvalue weighted by atomic mass is 35.5. The molecule has 4 rings (SSSR count). The summed E-state index contributed by atoms with van der Waals surface area (Å²) in [5, 5.41) is 10.5. The lowest BCUT2D eigenvalue weighted by Crippen LogP contribution is -2.28. The highest BCUT2D eigenvalue weighted by molar-refractivity contribution is 6.30. The molecule has 2 aliphatic rings. The predicted molar refractivity (Wildman–Crippen MR) is 123 cm³/mol.